The Kier molecular flexibility index (Phi) is 5.10. The SMILES string of the molecule is CC(C)n1ccc(CC(=O)COC2CCNCC2)n1. The van der Waals surface area contributed by atoms with E-state index in [0.717, 1.165) is 31.6 Å². The Morgan fingerprint density at radius 2 is 2.26 bits per heavy atom. The van der Waals surface area contributed by atoms with Crippen LogP contribution in [-0.4, -0.2) is 41.4 Å². The maximum atomic E-state index is 11.8. The molecule has 19 heavy (non-hydrogen) atoms. The minimum absolute atomic E-state index is 0.104. The van der Waals surface area contributed by atoms with Crippen molar-refractivity contribution in [3.8, 4) is 0 Å². The molecule has 0 aromatic carbocycles. The maximum absolute atomic E-state index is 11.8. The number of hydrogen-bond donors (Lipinski definition) is 1. The zero-order valence-electron chi connectivity index (χ0n) is 11.8. The molecule has 5 nitrogen and oxygen atoms in total. The first-order chi connectivity index (χ1) is 9.15. The van der Waals surface area contributed by atoms with Crippen molar-refractivity contribution in [3.63, 3.8) is 0 Å². The number of rotatable bonds is 6. The van der Waals surface area contributed by atoms with Gasteiger partial charge in [0, 0.05) is 12.2 Å². The molecule has 1 fully saturated rings. The van der Waals surface area contributed by atoms with E-state index >= 15 is 0 Å². The average Bonchev–Trinajstić information content (AvgIpc) is 2.86. The summed E-state index contributed by atoms with van der Waals surface area (Å²) in [5.41, 5.74) is 0.826. The Labute approximate surface area is 114 Å². The number of piperidine rings is 1. The van der Waals surface area contributed by atoms with Crippen molar-refractivity contribution in [2.45, 2.75) is 45.3 Å². The number of hydrogen-bond acceptors (Lipinski definition) is 4. The minimum Gasteiger partial charge on any atom is -0.370 e. The van der Waals surface area contributed by atoms with Crippen LogP contribution in [-0.2, 0) is 16.0 Å². The standard InChI is InChI=1S/C14H23N3O2/c1-11(2)17-8-5-12(16-17)9-13(18)10-19-14-3-6-15-7-4-14/h5,8,11,14-15H,3-4,6-7,9-10H2,1-2H3. The number of carbonyl (C=O) groups excluding carboxylic acids is 1. The van der Waals surface area contributed by atoms with Gasteiger partial charge in [-0.3, -0.25) is 9.48 Å². The molecule has 0 bridgehead atoms. The normalized spacial score (nSPS) is 17.0. The number of ketones is 1. The van der Waals surface area contributed by atoms with Gasteiger partial charge in [0.05, 0.1) is 18.2 Å². The molecule has 2 heterocycles. The second kappa shape index (κ2) is 6.82. The average molecular weight is 265 g/mol. The van der Waals surface area contributed by atoms with Crippen LogP contribution in [0.1, 0.15) is 38.4 Å². The fraction of sp³-hybridized carbons (Fsp3) is 0.714. The summed E-state index contributed by atoms with van der Waals surface area (Å²) in [6.45, 7) is 6.31. The third kappa shape index (κ3) is 4.44. The summed E-state index contributed by atoms with van der Waals surface area (Å²) in [5, 5.41) is 7.65. The van der Waals surface area contributed by atoms with Gasteiger partial charge in [0.2, 0.25) is 0 Å². The van der Waals surface area contributed by atoms with Gasteiger partial charge in [-0.25, -0.2) is 0 Å². The van der Waals surface area contributed by atoms with Crippen LogP contribution in [0.4, 0.5) is 0 Å². The summed E-state index contributed by atoms with van der Waals surface area (Å²) in [6.07, 6.45) is 4.51. The predicted octanol–water partition coefficient (Wildman–Crippen LogP) is 1.34. The number of ether oxygens (including phenoxy) is 1. The summed E-state index contributed by atoms with van der Waals surface area (Å²) in [5.74, 6) is 0.104. The van der Waals surface area contributed by atoms with Crippen molar-refractivity contribution in [3.05, 3.63) is 18.0 Å². The van der Waals surface area contributed by atoms with Crippen molar-refractivity contribution in [2.75, 3.05) is 19.7 Å². The van der Waals surface area contributed by atoms with Crippen LogP contribution >= 0.6 is 0 Å². The molecule has 0 saturated carbocycles. The van der Waals surface area contributed by atoms with E-state index in [1.165, 1.54) is 0 Å². The van der Waals surface area contributed by atoms with Gasteiger partial charge >= 0.3 is 0 Å². The molecule has 0 radical (unpaired) electrons. The molecule has 1 aromatic heterocycles. The molecule has 0 atom stereocenters. The van der Waals surface area contributed by atoms with Crippen LogP contribution in [0.15, 0.2) is 12.3 Å². The topological polar surface area (TPSA) is 56.1 Å². The second-order valence-electron chi connectivity index (χ2n) is 5.36. The summed E-state index contributed by atoms with van der Waals surface area (Å²) >= 11 is 0. The van der Waals surface area contributed by atoms with Crippen LogP contribution in [0, 0.1) is 0 Å². The number of aromatic nitrogens is 2. The van der Waals surface area contributed by atoms with Gasteiger partial charge in [0.1, 0.15) is 6.61 Å². The van der Waals surface area contributed by atoms with Crippen LogP contribution < -0.4 is 5.32 Å². The molecule has 0 spiro atoms. The van der Waals surface area contributed by atoms with Crippen molar-refractivity contribution in [1.82, 2.24) is 15.1 Å². The van der Waals surface area contributed by atoms with Gasteiger partial charge in [0.15, 0.2) is 5.78 Å². The highest BCUT2D eigenvalue weighted by atomic mass is 16.5. The van der Waals surface area contributed by atoms with E-state index in [4.69, 9.17) is 4.74 Å². The second-order valence-corrected chi connectivity index (χ2v) is 5.36. The molecule has 2 rings (SSSR count). The number of Topliss-reactive ketones (excluding diaryl/α,β-unsaturated/α-hetero) is 1. The molecule has 1 aromatic rings. The van der Waals surface area contributed by atoms with Gasteiger partial charge in [-0.15, -0.1) is 0 Å². The molecule has 1 aliphatic heterocycles. The van der Waals surface area contributed by atoms with Gasteiger partial charge in [-0.2, -0.15) is 5.10 Å². The van der Waals surface area contributed by atoms with Gasteiger partial charge in [0.25, 0.3) is 0 Å². The van der Waals surface area contributed by atoms with E-state index in [-0.39, 0.29) is 18.5 Å². The third-order valence-electron chi connectivity index (χ3n) is 3.34. The Balaban J connectivity index is 1.73. The van der Waals surface area contributed by atoms with Crippen LogP contribution in [0.3, 0.4) is 0 Å². The number of carbonyl (C=O) groups is 1. The molecule has 1 saturated heterocycles. The van der Waals surface area contributed by atoms with Crippen LogP contribution in [0.2, 0.25) is 0 Å². The molecule has 0 aliphatic carbocycles. The van der Waals surface area contributed by atoms with Crippen molar-refractivity contribution < 1.29 is 9.53 Å². The molecule has 0 unspecified atom stereocenters. The highest BCUT2D eigenvalue weighted by molar-refractivity contribution is 5.81. The minimum atomic E-state index is 0.104. The van der Waals surface area contributed by atoms with Crippen molar-refractivity contribution in [1.29, 1.82) is 0 Å². The zero-order valence-corrected chi connectivity index (χ0v) is 11.8. The summed E-state index contributed by atoms with van der Waals surface area (Å²) in [7, 11) is 0. The number of nitrogens with zero attached hydrogens (tertiary/aromatic N) is 2. The van der Waals surface area contributed by atoms with Gasteiger partial charge < -0.3 is 10.1 Å². The molecule has 5 heteroatoms. The molecule has 1 N–H and O–H groups in total. The lowest BCUT2D eigenvalue weighted by Gasteiger charge is -2.22. The first-order valence-corrected chi connectivity index (χ1v) is 7.03. The summed E-state index contributed by atoms with van der Waals surface area (Å²) < 4.78 is 7.52. The van der Waals surface area contributed by atoms with E-state index in [1.807, 2.05) is 16.9 Å². The van der Waals surface area contributed by atoms with E-state index in [2.05, 4.69) is 24.3 Å². The van der Waals surface area contributed by atoms with Gasteiger partial charge in [-0.1, -0.05) is 0 Å². The predicted molar refractivity (Wildman–Crippen MR) is 73.2 cm³/mol. The lowest BCUT2D eigenvalue weighted by atomic mass is 10.1. The Morgan fingerprint density at radius 3 is 2.89 bits per heavy atom. The maximum Gasteiger partial charge on any atom is 0.164 e. The Hall–Kier alpha value is -1.20. The van der Waals surface area contributed by atoms with E-state index < -0.39 is 0 Å². The Bertz CT molecular complexity index is 409. The first kappa shape index (κ1) is 14.2. The zero-order chi connectivity index (χ0) is 13.7. The third-order valence-corrected chi connectivity index (χ3v) is 3.34. The fourth-order valence-electron chi connectivity index (χ4n) is 2.19. The summed E-state index contributed by atoms with van der Waals surface area (Å²) in [4.78, 5) is 11.8. The van der Waals surface area contributed by atoms with Crippen molar-refractivity contribution >= 4 is 5.78 Å². The van der Waals surface area contributed by atoms with Crippen LogP contribution in [0.25, 0.3) is 0 Å². The monoisotopic (exact) mass is 265 g/mol. The lowest BCUT2D eigenvalue weighted by Crippen LogP contribution is -2.33. The quantitative estimate of drug-likeness (QED) is 0.843. The molecule has 0 amide bonds. The molecule has 1 aliphatic rings. The summed E-state index contributed by atoms with van der Waals surface area (Å²) in [6, 6.07) is 2.23. The largest absolute Gasteiger partial charge is 0.370 e. The highest BCUT2D eigenvalue weighted by Gasteiger charge is 2.15. The molecule has 106 valence electrons. The molecular formula is C14H23N3O2. The highest BCUT2D eigenvalue weighted by Crippen LogP contribution is 2.08. The first-order valence-electron chi connectivity index (χ1n) is 7.03. The van der Waals surface area contributed by atoms with Crippen LogP contribution in [0.5, 0.6) is 0 Å². The van der Waals surface area contributed by atoms with E-state index in [1.54, 1.807) is 0 Å². The van der Waals surface area contributed by atoms with Gasteiger partial charge in [-0.05, 0) is 45.8 Å². The van der Waals surface area contributed by atoms with E-state index in [0.29, 0.717) is 12.5 Å². The van der Waals surface area contributed by atoms with E-state index in [9.17, 15) is 4.79 Å². The van der Waals surface area contributed by atoms with Crippen molar-refractivity contribution in [2.24, 2.45) is 0 Å². The molecular weight excluding hydrogens is 242 g/mol. The fourth-order valence-corrected chi connectivity index (χ4v) is 2.19. The lowest BCUT2D eigenvalue weighted by molar-refractivity contribution is -0.125. The number of nitrogens with one attached hydrogen (secondary N) is 1. The Morgan fingerprint density at radius 1 is 1.53 bits per heavy atom. The smallest absolute Gasteiger partial charge is 0.164 e.